The summed E-state index contributed by atoms with van der Waals surface area (Å²) in [6.45, 7) is 0.734. The van der Waals surface area contributed by atoms with Gasteiger partial charge >= 0.3 is 0 Å². The lowest BCUT2D eigenvalue weighted by Gasteiger charge is -2.21. The first kappa shape index (κ1) is 10.9. The summed E-state index contributed by atoms with van der Waals surface area (Å²) >= 11 is 0. The van der Waals surface area contributed by atoms with Crippen LogP contribution in [0.1, 0.15) is 12.8 Å². The second-order valence-corrected chi connectivity index (χ2v) is 4.34. The molecule has 0 spiro atoms. The molecule has 0 saturated carbocycles. The van der Waals surface area contributed by atoms with Gasteiger partial charge < -0.3 is 20.8 Å². The van der Waals surface area contributed by atoms with Crippen molar-refractivity contribution in [2.45, 2.75) is 18.9 Å². The Morgan fingerprint density at radius 2 is 2.39 bits per heavy atom. The monoisotopic (exact) mass is 246 g/mol. The van der Waals surface area contributed by atoms with Gasteiger partial charge in [0.05, 0.1) is 5.69 Å². The van der Waals surface area contributed by atoms with Gasteiger partial charge in [0.2, 0.25) is 5.91 Å². The van der Waals surface area contributed by atoms with Gasteiger partial charge in [-0.15, -0.1) is 0 Å². The van der Waals surface area contributed by atoms with Gasteiger partial charge in [-0.05, 0) is 25.0 Å². The summed E-state index contributed by atoms with van der Waals surface area (Å²) < 4.78 is 5.52. The second kappa shape index (κ2) is 4.21. The molecule has 1 unspecified atom stereocenters. The van der Waals surface area contributed by atoms with Crippen LogP contribution in [0.15, 0.2) is 22.6 Å². The first-order valence-electron chi connectivity index (χ1n) is 5.93. The van der Waals surface area contributed by atoms with E-state index in [4.69, 9.17) is 10.2 Å². The van der Waals surface area contributed by atoms with Gasteiger partial charge in [-0.2, -0.15) is 4.98 Å². The van der Waals surface area contributed by atoms with Gasteiger partial charge in [-0.1, -0.05) is 6.07 Å². The van der Waals surface area contributed by atoms with E-state index in [1.807, 2.05) is 0 Å². The molecule has 1 aliphatic rings. The third-order valence-corrected chi connectivity index (χ3v) is 3.03. The molecule has 1 saturated heterocycles. The van der Waals surface area contributed by atoms with Crippen LogP contribution >= 0.6 is 0 Å². The molecule has 2 aromatic rings. The number of piperidine rings is 1. The predicted molar refractivity (Wildman–Crippen MR) is 68.1 cm³/mol. The van der Waals surface area contributed by atoms with Gasteiger partial charge in [0, 0.05) is 6.54 Å². The number of aromatic nitrogens is 1. The molecule has 1 amide bonds. The predicted octanol–water partition coefficient (Wildman–Crippen LogP) is 1.10. The number of nitrogens with one attached hydrogen (secondary N) is 2. The number of para-hydroxylation sites is 1. The molecular weight excluding hydrogens is 232 g/mol. The van der Waals surface area contributed by atoms with E-state index in [0.717, 1.165) is 19.4 Å². The van der Waals surface area contributed by atoms with Crippen molar-refractivity contribution in [2.75, 3.05) is 17.6 Å². The Morgan fingerprint density at radius 3 is 3.17 bits per heavy atom. The Balaban J connectivity index is 1.86. The number of rotatable bonds is 2. The van der Waals surface area contributed by atoms with E-state index in [0.29, 0.717) is 22.8 Å². The number of amides is 1. The van der Waals surface area contributed by atoms with E-state index in [-0.39, 0.29) is 11.9 Å². The lowest BCUT2D eigenvalue weighted by atomic mass is 10.1. The van der Waals surface area contributed by atoms with Gasteiger partial charge in [-0.3, -0.25) is 4.79 Å². The van der Waals surface area contributed by atoms with Crippen molar-refractivity contribution < 1.29 is 9.21 Å². The lowest BCUT2D eigenvalue weighted by molar-refractivity contribution is -0.123. The number of carbonyl (C=O) groups excluding carboxylic acids is 1. The zero-order valence-corrected chi connectivity index (χ0v) is 9.77. The molecule has 4 N–H and O–H groups in total. The van der Waals surface area contributed by atoms with E-state index >= 15 is 0 Å². The van der Waals surface area contributed by atoms with Crippen molar-refractivity contribution in [3.63, 3.8) is 0 Å². The van der Waals surface area contributed by atoms with Gasteiger partial charge in [0.15, 0.2) is 5.58 Å². The highest BCUT2D eigenvalue weighted by molar-refractivity contribution is 5.88. The van der Waals surface area contributed by atoms with E-state index in [2.05, 4.69) is 15.6 Å². The molecule has 1 aliphatic heterocycles. The number of hydrogen-bond donors (Lipinski definition) is 3. The maximum Gasteiger partial charge on any atom is 0.296 e. The Morgan fingerprint density at radius 1 is 1.50 bits per heavy atom. The summed E-state index contributed by atoms with van der Waals surface area (Å²) in [5, 5.41) is 5.80. The summed E-state index contributed by atoms with van der Waals surface area (Å²) in [7, 11) is 0. The minimum absolute atomic E-state index is 0.0171. The van der Waals surface area contributed by atoms with Crippen LogP contribution in [0, 0.1) is 0 Å². The van der Waals surface area contributed by atoms with Gasteiger partial charge in [0.1, 0.15) is 11.6 Å². The molecule has 94 valence electrons. The summed E-state index contributed by atoms with van der Waals surface area (Å²) in [5.74, 6) is -0.0171. The Kier molecular flexibility index (Phi) is 2.55. The van der Waals surface area contributed by atoms with Crippen LogP contribution in [0.3, 0.4) is 0 Å². The highest BCUT2D eigenvalue weighted by Crippen LogP contribution is 2.24. The average Bonchev–Trinajstić information content (AvgIpc) is 2.76. The number of benzene rings is 1. The number of oxazole rings is 1. The number of anilines is 2. The molecule has 6 heteroatoms. The summed E-state index contributed by atoms with van der Waals surface area (Å²) in [6.07, 6.45) is 1.73. The molecule has 0 aliphatic carbocycles. The zero-order chi connectivity index (χ0) is 12.5. The highest BCUT2D eigenvalue weighted by atomic mass is 16.4. The van der Waals surface area contributed by atoms with Crippen molar-refractivity contribution in [1.29, 1.82) is 0 Å². The summed E-state index contributed by atoms with van der Waals surface area (Å²) in [6, 6.07) is 5.42. The number of nitrogens with zero attached hydrogens (tertiary/aromatic N) is 1. The van der Waals surface area contributed by atoms with Crippen LogP contribution in [-0.4, -0.2) is 23.5 Å². The first-order valence-corrected chi connectivity index (χ1v) is 5.93. The molecular formula is C12H14N4O2. The molecule has 18 heavy (non-hydrogen) atoms. The molecule has 0 radical (unpaired) electrons. The van der Waals surface area contributed by atoms with Crippen molar-refractivity contribution in [3.8, 4) is 0 Å². The molecule has 1 atom stereocenters. The molecule has 2 heterocycles. The van der Waals surface area contributed by atoms with Crippen LogP contribution in [-0.2, 0) is 4.79 Å². The lowest BCUT2D eigenvalue weighted by Crippen LogP contribution is -2.44. The SMILES string of the molecule is Nc1cccc2oc(NC3CCCNC3=O)nc12. The average molecular weight is 246 g/mol. The minimum Gasteiger partial charge on any atom is -0.423 e. The standard InChI is InChI=1S/C12H14N4O2/c13-7-3-1-5-9-10(7)16-12(18-9)15-8-4-2-6-14-11(8)17/h1,3,5,8H,2,4,6,13H2,(H,14,17)(H,15,16). The third-order valence-electron chi connectivity index (χ3n) is 3.03. The maximum absolute atomic E-state index is 11.6. The first-order chi connectivity index (χ1) is 8.74. The zero-order valence-electron chi connectivity index (χ0n) is 9.77. The fourth-order valence-corrected chi connectivity index (χ4v) is 2.09. The fourth-order valence-electron chi connectivity index (χ4n) is 2.09. The molecule has 1 aromatic heterocycles. The molecule has 0 bridgehead atoms. The van der Waals surface area contributed by atoms with E-state index in [1.165, 1.54) is 0 Å². The minimum atomic E-state index is -0.284. The van der Waals surface area contributed by atoms with E-state index < -0.39 is 0 Å². The summed E-state index contributed by atoms with van der Waals surface area (Å²) in [4.78, 5) is 15.9. The number of nitrogen functional groups attached to an aromatic ring is 1. The van der Waals surface area contributed by atoms with Crippen LogP contribution in [0.25, 0.3) is 11.1 Å². The van der Waals surface area contributed by atoms with Crippen molar-refractivity contribution >= 4 is 28.7 Å². The van der Waals surface area contributed by atoms with Crippen molar-refractivity contribution in [3.05, 3.63) is 18.2 Å². The largest absolute Gasteiger partial charge is 0.423 e. The van der Waals surface area contributed by atoms with Gasteiger partial charge in [-0.25, -0.2) is 0 Å². The van der Waals surface area contributed by atoms with Crippen molar-refractivity contribution in [1.82, 2.24) is 10.3 Å². The molecule has 1 fully saturated rings. The van der Waals surface area contributed by atoms with Crippen LogP contribution in [0.5, 0.6) is 0 Å². The number of fused-ring (bicyclic) bond motifs is 1. The molecule has 1 aromatic carbocycles. The quantitative estimate of drug-likeness (QED) is 0.690. The number of hydrogen-bond acceptors (Lipinski definition) is 5. The Bertz CT molecular complexity index is 593. The Labute approximate surface area is 104 Å². The van der Waals surface area contributed by atoms with Crippen LogP contribution in [0.2, 0.25) is 0 Å². The van der Waals surface area contributed by atoms with E-state index in [9.17, 15) is 4.79 Å². The molecule has 6 nitrogen and oxygen atoms in total. The normalized spacial score (nSPS) is 19.8. The topological polar surface area (TPSA) is 93.2 Å². The second-order valence-electron chi connectivity index (χ2n) is 4.34. The van der Waals surface area contributed by atoms with Crippen LogP contribution < -0.4 is 16.4 Å². The number of nitrogens with two attached hydrogens (primary N) is 1. The summed E-state index contributed by atoms with van der Waals surface area (Å²) in [5.41, 5.74) is 7.61. The van der Waals surface area contributed by atoms with E-state index in [1.54, 1.807) is 18.2 Å². The molecule has 3 rings (SSSR count). The van der Waals surface area contributed by atoms with Crippen molar-refractivity contribution in [2.24, 2.45) is 0 Å². The number of carbonyl (C=O) groups is 1. The van der Waals surface area contributed by atoms with Gasteiger partial charge in [0.25, 0.3) is 6.01 Å². The Hall–Kier alpha value is -2.24. The fraction of sp³-hybridized carbons (Fsp3) is 0.333. The smallest absolute Gasteiger partial charge is 0.296 e. The third kappa shape index (κ3) is 1.85. The highest BCUT2D eigenvalue weighted by Gasteiger charge is 2.23. The van der Waals surface area contributed by atoms with Crippen LogP contribution in [0.4, 0.5) is 11.7 Å². The maximum atomic E-state index is 11.6.